The van der Waals surface area contributed by atoms with Crippen LogP contribution in [0.3, 0.4) is 0 Å². The van der Waals surface area contributed by atoms with Crippen molar-refractivity contribution in [3.8, 4) is 5.75 Å². The van der Waals surface area contributed by atoms with Crippen LogP contribution < -0.4 is 10.1 Å². The summed E-state index contributed by atoms with van der Waals surface area (Å²) >= 11 is 9.43. The summed E-state index contributed by atoms with van der Waals surface area (Å²) in [5.41, 5.74) is 2.05. The van der Waals surface area contributed by atoms with Crippen molar-refractivity contribution in [3.05, 3.63) is 63.1 Å². The predicted molar refractivity (Wildman–Crippen MR) is 92.5 cm³/mol. The summed E-state index contributed by atoms with van der Waals surface area (Å²) < 4.78 is 6.55. The maximum Gasteiger partial charge on any atom is 0.224 e. The number of benzene rings is 2. The SMILES string of the molecule is Cc1ccc(Cl)c(OCCNC(=O)Cc2cccc(Br)c2)c1. The molecular formula is C17H17BrClNO2. The van der Waals surface area contributed by atoms with Gasteiger partial charge in [0.15, 0.2) is 0 Å². The monoisotopic (exact) mass is 381 g/mol. The van der Waals surface area contributed by atoms with Gasteiger partial charge in [-0.1, -0.05) is 45.7 Å². The van der Waals surface area contributed by atoms with Crippen LogP contribution in [0.4, 0.5) is 0 Å². The normalized spacial score (nSPS) is 10.3. The Morgan fingerprint density at radius 2 is 2.09 bits per heavy atom. The fourth-order valence-corrected chi connectivity index (χ4v) is 2.59. The van der Waals surface area contributed by atoms with Gasteiger partial charge in [0.1, 0.15) is 12.4 Å². The second kappa shape index (κ2) is 8.20. The number of carbonyl (C=O) groups excluding carboxylic acids is 1. The van der Waals surface area contributed by atoms with Crippen LogP contribution in [0.2, 0.25) is 5.02 Å². The van der Waals surface area contributed by atoms with Gasteiger partial charge in [-0.15, -0.1) is 0 Å². The van der Waals surface area contributed by atoms with Crippen LogP contribution in [-0.4, -0.2) is 19.1 Å². The number of carbonyl (C=O) groups is 1. The minimum atomic E-state index is -0.0305. The van der Waals surface area contributed by atoms with Crippen molar-refractivity contribution in [2.75, 3.05) is 13.2 Å². The molecule has 0 unspecified atom stereocenters. The molecule has 116 valence electrons. The number of aryl methyl sites for hydroxylation is 1. The lowest BCUT2D eigenvalue weighted by atomic mass is 10.1. The molecule has 0 bridgehead atoms. The molecule has 0 aliphatic rings. The zero-order valence-electron chi connectivity index (χ0n) is 12.2. The molecule has 0 saturated heterocycles. The third kappa shape index (κ3) is 5.35. The number of hydrogen-bond donors (Lipinski definition) is 1. The van der Waals surface area contributed by atoms with Crippen molar-refractivity contribution in [1.29, 1.82) is 0 Å². The highest BCUT2D eigenvalue weighted by Crippen LogP contribution is 2.24. The van der Waals surface area contributed by atoms with Crippen LogP contribution in [0.5, 0.6) is 5.75 Å². The molecule has 3 nitrogen and oxygen atoms in total. The number of halogens is 2. The van der Waals surface area contributed by atoms with E-state index < -0.39 is 0 Å². The van der Waals surface area contributed by atoms with Crippen LogP contribution in [-0.2, 0) is 11.2 Å². The molecule has 0 heterocycles. The third-order valence-corrected chi connectivity index (χ3v) is 3.83. The maximum atomic E-state index is 11.8. The number of nitrogens with one attached hydrogen (secondary N) is 1. The maximum absolute atomic E-state index is 11.8. The number of hydrogen-bond acceptors (Lipinski definition) is 2. The summed E-state index contributed by atoms with van der Waals surface area (Å²) in [5.74, 6) is 0.611. The fraction of sp³-hybridized carbons (Fsp3) is 0.235. The Morgan fingerprint density at radius 3 is 2.86 bits per heavy atom. The molecule has 2 rings (SSSR count). The molecular weight excluding hydrogens is 366 g/mol. The van der Waals surface area contributed by atoms with Crippen molar-refractivity contribution >= 4 is 33.4 Å². The quantitative estimate of drug-likeness (QED) is 0.762. The average molecular weight is 383 g/mol. The van der Waals surface area contributed by atoms with Crippen molar-refractivity contribution in [2.24, 2.45) is 0 Å². The van der Waals surface area contributed by atoms with E-state index >= 15 is 0 Å². The molecule has 0 aliphatic heterocycles. The zero-order chi connectivity index (χ0) is 15.9. The Morgan fingerprint density at radius 1 is 1.27 bits per heavy atom. The summed E-state index contributed by atoms with van der Waals surface area (Å²) in [7, 11) is 0. The van der Waals surface area contributed by atoms with Crippen molar-refractivity contribution in [2.45, 2.75) is 13.3 Å². The Labute approximate surface area is 143 Å². The van der Waals surface area contributed by atoms with Crippen LogP contribution in [0.1, 0.15) is 11.1 Å². The van der Waals surface area contributed by atoms with Gasteiger partial charge < -0.3 is 10.1 Å². The molecule has 0 atom stereocenters. The molecule has 0 aromatic heterocycles. The van der Waals surface area contributed by atoms with E-state index in [9.17, 15) is 4.79 Å². The molecule has 1 N–H and O–H groups in total. The Balaban J connectivity index is 1.74. The largest absolute Gasteiger partial charge is 0.490 e. The molecule has 2 aromatic carbocycles. The first kappa shape index (κ1) is 16.8. The van der Waals surface area contributed by atoms with Crippen LogP contribution >= 0.6 is 27.5 Å². The van der Waals surface area contributed by atoms with Gasteiger partial charge in [-0.05, 0) is 42.3 Å². The highest BCUT2D eigenvalue weighted by Gasteiger charge is 2.05. The first-order valence-electron chi connectivity index (χ1n) is 6.94. The Hall–Kier alpha value is -1.52. The number of ether oxygens (including phenoxy) is 1. The van der Waals surface area contributed by atoms with E-state index in [0.29, 0.717) is 30.3 Å². The van der Waals surface area contributed by atoms with E-state index in [1.54, 1.807) is 6.07 Å². The zero-order valence-corrected chi connectivity index (χ0v) is 14.6. The summed E-state index contributed by atoms with van der Waals surface area (Å²) in [6.07, 6.45) is 0.352. The molecule has 1 amide bonds. The molecule has 2 aromatic rings. The second-order valence-corrected chi connectivity index (χ2v) is 6.26. The standard InChI is InChI=1S/C17H17BrClNO2/c1-12-5-6-15(19)16(9-12)22-8-7-20-17(21)11-13-3-2-4-14(18)10-13/h2-6,9-10H,7-8,11H2,1H3,(H,20,21). The van der Waals surface area contributed by atoms with Crippen molar-refractivity contribution in [1.82, 2.24) is 5.32 Å². The van der Waals surface area contributed by atoms with Gasteiger partial charge in [0, 0.05) is 4.47 Å². The van der Waals surface area contributed by atoms with Gasteiger partial charge in [0.2, 0.25) is 5.91 Å². The van der Waals surface area contributed by atoms with E-state index in [2.05, 4.69) is 21.2 Å². The highest BCUT2D eigenvalue weighted by molar-refractivity contribution is 9.10. The lowest BCUT2D eigenvalue weighted by Gasteiger charge is -2.10. The van der Waals surface area contributed by atoms with E-state index in [0.717, 1.165) is 15.6 Å². The number of amides is 1. The molecule has 5 heteroatoms. The van der Waals surface area contributed by atoms with Gasteiger partial charge in [-0.25, -0.2) is 0 Å². The van der Waals surface area contributed by atoms with Crippen LogP contribution in [0.25, 0.3) is 0 Å². The van der Waals surface area contributed by atoms with Crippen LogP contribution in [0.15, 0.2) is 46.9 Å². The molecule has 0 spiro atoms. The van der Waals surface area contributed by atoms with Gasteiger partial charge >= 0.3 is 0 Å². The topological polar surface area (TPSA) is 38.3 Å². The summed E-state index contributed by atoms with van der Waals surface area (Å²) in [6, 6.07) is 13.3. The lowest BCUT2D eigenvalue weighted by molar-refractivity contribution is -0.120. The van der Waals surface area contributed by atoms with Gasteiger partial charge in [-0.3, -0.25) is 4.79 Å². The number of rotatable bonds is 6. The second-order valence-electron chi connectivity index (χ2n) is 4.94. The van der Waals surface area contributed by atoms with E-state index in [1.165, 1.54) is 0 Å². The van der Waals surface area contributed by atoms with Crippen molar-refractivity contribution in [3.63, 3.8) is 0 Å². The Bertz CT molecular complexity index is 661. The predicted octanol–water partition coefficient (Wildman–Crippen LogP) is 4.15. The van der Waals surface area contributed by atoms with Gasteiger partial charge in [0.05, 0.1) is 18.0 Å². The molecule has 0 aliphatic carbocycles. The van der Waals surface area contributed by atoms with E-state index in [1.807, 2.05) is 43.3 Å². The Kier molecular flexibility index (Phi) is 6.28. The van der Waals surface area contributed by atoms with E-state index in [4.69, 9.17) is 16.3 Å². The summed E-state index contributed by atoms with van der Waals surface area (Å²) in [5, 5.41) is 3.41. The smallest absolute Gasteiger partial charge is 0.224 e. The molecule has 22 heavy (non-hydrogen) atoms. The molecule has 0 radical (unpaired) electrons. The first-order valence-corrected chi connectivity index (χ1v) is 8.12. The summed E-state index contributed by atoms with van der Waals surface area (Å²) in [6.45, 7) is 2.80. The summed E-state index contributed by atoms with van der Waals surface area (Å²) in [4.78, 5) is 11.8. The van der Waals surface area contributed by atoms with Gasteiger partial charge in [0.25, 0.3) is 0 Å². The highest BCUT2D eigenvalue weighted by atomic mass is 79.9. The first-order chi connectivity index (χ1) is 10.5. The average Bonchev–Trinajstić information content (AvgIpc) is 2.47. The van der Waals surface area contributed by atoms with Crippen molar-refractivity contribution < 1.29 is 9.53 Å². The molecule has 0 fully saturated rings. The lowest BCUT2D eigenvalue weighted by Crippen LogP contribution is -2.29. The third-order valence-electron chi connectivity index (χ3n) is 3.02. The minimum absolute atomic E-state index is 0.0305. The molecule has 0 saturated carbocycles. The van der Waals surface area contributed by atoms with E-state index in [-0.39, 0.29) is 5.91 Å². The van der Waals surface area contributed by atoms with Gasteiger partial charge in [-0.2, -0.15) is 0 Å². The fourth-order valence-electron chi connectivity index (χ4n) is 1.97. The van der Waals surface area contributed by atoms with Crippen LogP contribution in [0, 0.1) is 6.92 Å². The minimum Gasteiger partial charge on any atom is -0.490 e.